The number of anilines is 3. The third-order valence-electron chi connectivity index (χ3n) is 5.55. The summed E-state index contributed by atoms with van der Waals surface area (Å²) in [7, 11) is -1.27. The Hall–Kier alpha value is -3.10. The van der Waals surface area contributed by atoms with Gasteiger partial charge in [-0.15, -0.1) is 0 Å². The van der Waals surface area contributed by atoms with E-state index >= 15 is 0 Å². The molecule has 0 bridgehead atoms. The van der Waals surface area contributed by atoms with E-state index in [0.29, 0.717) is 17.8 Å². The van der Waals surface area contributed by atoms with Gasteiger partial charge in [0.1, 0.15) is 28.9 Å². The molecule has 1 aliphatic heterocycles. The Morgan fingerprint density at radius 2 is 1.97 bits per heavy atom. The van der Waals surface area contributed by atoms with E-state index in [2.05, 4.69) is 24.6 Å². The number of rotatable bonds is 4. The molecule has 4 aromatic rings. The number of benzene rings is 2. The summed E-state index contributed by atoms with van der Waals surface area (Å²) < 4.78 is 28.5. The molecule has 3 heterocycles. The van der Waals surface area contributed by atoms with Crippen LogP contribution in [0.2, 0.25) is 5.15 Å². The van der Waals surface area contributed by atoms with Crippen molar-refractivity contribution in [3.05, 3.63) is 71.0 Å². The van der Waals surface area contributed by atoms with E-state index in [1.807, 2.05) is 30.3 Å². The van der Waals surface area contributed by atoms with Crippen LogP contribution in [0, 0.1) is 12.7 Å². The summed E-state index contributed by atoms with van der Waals surface area (Å²) in [5.74, 6) is 0.588. The quantitative estimate of drug-likeness (QED) is 0.418. The summed E-state index contributed by atoms with van der Waals surface area (Å²) >= 11 is 6.14. The van der Waals surface area contributed by atoms with Gasteiger partial charge >= 0.3 is 0 Å². The maximum Gasteiger partial charge on any atom is 0.153 e. The molecule has 5 rings (SSSR count). The van der Waals surface area contributed by atoms with E-state index in [1.54, 1.807) is 25.5 Å². The van der Waals surface area contributed by atoms with Crippen LogP contribution in [0.15, 0.2) is 48.9 Å². The Labute approximate surface area is 192 Å². The van der Waals surface area contributed by atoms with Gasteiger partial charge in [-0.3, -0.25) is 0 Å². The lowest BCUT2D eigenvalue weighted by atomic mass is 10.0. The van der Waals surface area contributed by atoms with Crippen LogP contribution in [-0.4, -0.2) is 32.0 Å². The topological polar surface area (TPSA) is 71.0 Å². The SMILES string of the molecule is Cc1cc2c(cc1F)CCN2c1ncnc2ccc(-c3cnc(Cl)c(NS(C)=O)c3)cc12. The van der Waals surface area contributed by atoms with Crippen molar-refractivity contribution in [1.82, 2.24) is 15.0 Å². The number of hydrogen-bond acceptors (Lipinski definition) is 5. The lowest BCUT2D eigenvalue weighted by molar-refractivity contribution is 0.617. The smallest absolute Gasteiger partial charge is 0.153 e. The molecular formula is C23H19ClFN5OS. The Kier molecular flexibility index (Phi) is 5.27. The van der Waals surface area contributed by atoms with Crippen LogP contribution in [0.5, 0.6) is 0 Å². The van der Waals surface area contributed by atoms with Crippen molar-refractivity contribution in [2.45, 2.75) is 13.3 Å². The summed E-state index contributed by atoms with van der Waals surface area (Å²) in [5.41, 5.74) is 5.58. The number of fused-ring (bicyclic) bond motifs is 2. The van der Waals surface area contributed by atoms with Crippen LogP contribution < -0.4 is 9.62 Å². The molecule has 2 aromatic carbocycles. The molecule has 0 fully saturated rings. The van der Waals surface area contributed by atoms with Crippen LogP contribution in [0.25, 0.3) is 22.0 Å². The van der Waals surface area contributed by atoms with Crippen molar-refractivity contribution in [3.8, 4) is 11.1 Å². The second-order valence-electron chi connectivity index (χ2n) is 7.68. The molecule has 1 aliphatic rings. The molecule has 1 atom stereocenters. The first-order valence-corrected chi connectivity index (χ1v) is 11.9. The Morgan fingerprint density at radius 3 is 2.78 bits per heavy atom. The van der Waals surface area contributed by atoms with Crippen LogP contribution >= 0.6 is 11.6 Å². The van der Waals surface area contributed by atoms with Gasteiger partial charge in [-0.2, -0.15) is 0 Å². The Bertz CT molecular complexity index is 1400. The fourth-order valence-corrected chi connectivity index (χ4v) is 4.67. The van der Waals surface area contributed by atoms with Crippen molar-refractivity contribution in [2.24, 2.45) is 0 Å². The normalized spacial score (nSPS) is 13.9. The third kappa shape index (κ3) is 3.69. The number of pyridine rings is 1. The lowest BCUT2D eigenvalue weighted by Crippen LogP contribution is -2.15. The average Bonchev–Trinajstić information content (AvgIpc) is 3.16. The van der Waals surface area contributed by atoms with Crippen molar-refractivity contribution in [3.63, 3.8) is 0 Å². The summed E-state index contributed by atoms with van der Waals surface area (Å²) in [4.78, 5) is 15.3. The highest BCUT2D eigenvalue weighted by atomic mass is 35.5. The maximum atomic E-state index is 14.1. The van der Waals surface area contributed by atoms with Gasteiger partial charge in [0.15, 0.2) is 5.15 Å². The van der Waals surface area contributed by atoms with Gasteiger partial charge in [0.05, 0.1) is 11.2 Å². The van der Waals surface area contributed by atoms with E-state index in [4.69, 9.17) is 11.6 Å². The Morgan fingerprint density at radius 1 is 1.12 bits per heavy atom. The molecule has 0 saturated heterocycles. The molecule has 1 N–H and O–H groups in total. The van der Waals surface area contributed by atoms with E-state index in [-0.39, 0.29) is 11.0 Å². The molecule has 0 saturated carbocycles. The third-order valence-corrected chi connectivity index (χ3v) is 6.36. The van der Waals surface area contributed by atoms with E-state index in [1.165, 1.54) is 6.26 Å². The predicted octanol–water partition coefficient (Wildman–Crippen LogP) is 5.19. The molecule has 0 amide bonds. The Balaban J connectivity index is 1.62. The van der Waals surface area contributed by atoms with Gasteiger partial charge in [-0.05, 0) is 60.4 Å². The zero-order valence-electron chi connectivity index (χ0n) is 17.4. The molecule has 1 unspecified atom stereocenters. The number of aryl methyl sites for hydroxylation is 1. The molecule has 0 spiro atoms. The second-order valence-corrected chi connectivity index (χ2v) is 9.15. The average molecular weight is 468 g/mol. The maximum absolute atomic E-state index is 14.1. The lowest BCUT2D eigenvalue weighted by Gasteiger charge is -2.20. The molecular weight excluding hydrogens is 449 g/mol. The highest BCUT2D eigenvalue weighted by molar-refractivity contribution is 7.85. The van der Waals surface area contributed by atoms with Gasteiger partial charge in [0, 0.05) is 35.6 Å². The van der Waals surface area contributed by atoms with Gasteiger partial charge in [0.25, 0.3) is 0 Å². The number of nitrogens with one attached hydrogen (secondary N) is 1. The van der Waals surface area contributed by atoms with Crippen molar-refractivity contribution in [2.75, 3.05) is 22.4 Å². The van der Waals surface area contributed by atoms with Gasteiger partial charge < -0.3 is 9.62 Å². The van der Waals surface area contributed by atoms with Gasteiger partial charge in [-0.1, -0.05) is 17.7 Å². The zero-order chi connectivity index (χ0) is 22.4. The molecule has 0 radical (unpaired) electrons. The minimum absolute atomic E-state index is 0.187. The number of aromatic nitrogens is 3. The summed E-state index contributed by atoms with van der Waals surface area (Å²) in [6.45, 7) is 2.48. The fourth-order valence-electron chi connectivity index (χ4n) is 4.00. The fraction of sp³-hybridized carbons (Fsp3) is 0.174. The number of halogens is 2. The molecule has 9 heteroatoms. The van der Waals surface area contributed by atoms with E-state index in [9.17, 15) is 8.60 Å². The van der Waals surface area contributed by atoms with Crippen molar-refractivity contribution in [1.29, 1.82) is 0 Å². The summed E-state index contributed by atoms with van der Waals surface area (Å²) in [5, 5.41) is 1.13. The molecule has 162 valence electrons. The van der Waals surface area contributed by atoms with Gasteiger partial charge in [0.2, 0.25) is 0 Å². The number of nitrogens with zero attached hydrogens (tertiary/aromatic N) is 4. The van der Waals surface area contributed by atoms with E-state index < -0.39 is 11.0 Å². The first kappa shape index (κ1) is 20.8. The van der Waals surface area contributed by atoms with Crippen LogP contribution in [0.3, 0.4) is 0 Å². The van der Waals surface area contributed by atoms with Crippen LogP contribution in [0.1, 0.15) is 11.1 Å². The minimum atomic E-state index is -1.27. The van der Waals surface area contributed by atoms with Crippen LogP contribution in [-0.2, 0) is 17.4 Å². The second kappa shape index (κ2) is 8.11. The highest BCUT2D eigenvalue weighted by Gasteiger charge is 2.24. The molecule has 2 aromatic heterocycles. The predicted molar refractivity (Wildman–Crippen MR) is 127 cm³/mol. The van der Waals surface area contributed by atoms with Crippen molar-refractivity contribution < 1.29 is 8.60 Å². The zero-order valence-corrected chi connectivity index (χ0v) is 19.0. The number of hydrogen-bond donors (Lipinski definition) is 1. The van der Waals surface area contributed by atoms with E-state index in [0.717, 1.165) is 45.5 Å². The summed E-state index contributed by atoms with van der Waals surface area (Å²) in [6.07, 6.45) is 5.51. The first-order valence-electron chi connectivity index (χ1n) is 9.98. The monoisotopic (exact) mass is 467 g/mol. The standard InChI is InChI=1S/C23H19ClFN5OS/c1-13-7-21-15(9-18(13)25)5-6-30(21)23-17-8-14(3-4-19(17)27-12-28-23)16-10-20(29-32(2)31)22(24)26-11-16/h3-4,7-12,29H,5-6H2,1-2H3. The molecule has 0 aliphatic carbocycles. The highest BCUT2D eigenvalue weighted by Crippen LogP contribution is 2.39. The molecule has 32 heavy (non-hydrogen) atoms. The van der Waals surface area contributed by atoms with Gasteiger partial charge in [-0.25, -0.2) is 23.6 Å². The molecule has 6 nitrogen and oxygen atoms in total. The first-order chi connectivity index (χ1) is 15.4. The minimum Gasteiger partial charge on any atom is -0.325 e. The van der Waals surface area contributed by atoms with Crippen LogP contribution in [0.4, 0.5) is 21.6 Å². The summed E-state index contributed by atoms with van der Waals surface area (Å²) in [6, 6.07) is 11.2. The van der Waals surface area contributed by atoms with Crippen molar-refractivity contribution >= 4 is 50.7 Å². The largest absolute Gasteiger partial charge is 0.325 e.